The normalized spacial score (nSPS) is 10.6. The van der Waals surface area contributed by atoms with Gasteiger partial charge in [-0.1, -0.05) is 47.4 Å². The van der Waals surface area contributed by atoms with E-state index in [1.54, 1.807) is 12.1 Å². The third kappa shape index (κ3) is 4.34. The first kappa shape index (κ1) is 17.4. The molecular weight excluding hydrogens is 356 g/mol. The Morgan fingerprint density at radius 1 is 1.20 bits per heavy atom. The molecule has 3 aromatic rings. The van der Waals surface area contributed by atoms with Crippen molar-refractivity contribution in [2.24, 2.45) is 0 Å². The van der Waals surface area contributed by atoms with Gasteiger partial charge in [0.15, 0.2) is 4.34 Å². The van der Waals surface area contributed by atoms with Crippen LogP contribution >= 0.6 is 23.1 Å². The van der Waals surface area contributed by atoms with Gasteiger partial charge >= 0.3 is 0 Å². The summed E-state index contributed by atoms with van der Waals surface area (Å²) in [5.74, 6) is 0.611. The molecule has 1 N–H and O–H groups in total. The summed E-state index contributed by atoms with van der Waals surface area (Å²) < 4.78 is 0.819. The van der Waals surface area contributed by atoms with E-state index >= 15 is 0 Å². The largest absolute Gasteiger partial charge is 0.330 e. The van der Waals surface area contributed by atoms with E-state index in [4.69, 9.17) is 0 Å². The zero-order chi connectivity index (χ0) is 17.8. The Bertz CT molecular complexity index is 911. The lowest BCUT2D eigenvalue weighted by Gasteiger charge is -2.08. The first-order valence-corrected chi connectivity index (χ1v) is 9.36. The smallest absolute Gasteiger partial charge is 0.269 e. The number of thioether (sulfide) groups is 1. The van der Waals surface area contributed by atoms with Crippen molar-refractivity contribution in [1.29, 1.82) is 0 Å². The number of nitro benzene ring substituents is 1. The van der Waals surface area contributed by atoms with E-state index in [9.17, 15) is 10.1 Å². The topological polar surface area (TPSA) is 81.0 Å². The lowest BCUT2D eigenvalue weighted by molar-refractivity contribution is -0.384. The molecule has 0 aliphatic heterocycles. The predicted molar refractivity (Wildman–Crippen MR) is 102 cm³/mol. The molecule has 8 heteroatoms. The fourth-order valence-corrected chi connectivity index (χ4v) is 3.93. The number of nitrogens with zero attached hydrogens (tertiary/aromatic N) is 3. The van der Waals surface area contributed by atoms with Gasteiger partial charge in [-0.2, -0.15) is 0 Å². The maximum atomic E-state index is 10.8. The maximum absolute atomic E-state index is 10.8. The minimum absolute atomic E-state index is 0.104. The van der Waals surface area contributed by atoms with Crippen LogP contribution in [-0.4, -0.2) is 15.1 Å². The second kappa shape index (κ2) is 7.62. The Kier molecular flexibility index (Phi) is 5.30. The van der Waals surface area contributed by atoms with Gasteiger partial charge in [-0.3, -0.25) is 10.1 Å². The molecule has 2 aromatic carbocycles. The highest BCUT2D eigenvalue weighted by molar-refractivity contribution is 8.00. The number of aryl methyl sites for hydroxylation is 1. The van der Waals surface area contributed by atoms with Crippen molar-refractivity contribution in [2.75, 3.05) is 5.32 Å². The Morgan fingerprint density at radius 2 is 2.00 bits per heavy atom. The zero-order valence-corrected chi connectivity index (χ0v) is 15.4. The number of nitro groups is 1. The van der Waals surface area contributed by atoms with E-state index in [0.717, 1.165) is 20.7 Å². The van der Waals surface area contributed by atoms with Gasteiger partial charge in [0.1, 0.15) is 0 Å². The molecule has 0 atom stereocenters. The monoisotopic (exact) mass is 372 g/mol. The number of aromatic nitrogens is 2. The Balaban J connectivity index is 1.65. The van der Waals surface area contributed by atoms with Crippen LogP contribution in [0.2, 0.25) is 0 Å². The highest BCUT2D eigenvalue weighted by atomic mass is 32.2. The summed E-state index contributed by atoms with van der Waals surface area (Å²) in [6.45, 7) is 4.14. The number of rotatable bonds is 6. The number of hydrogen-bond acceptors (Lipinski definition) is 7. The van der Waals surface area contributed by atoms with Crippen molar-refractivity contribution < 1.29 is 4.92 Å². The van der Waals surface area contributed by atoms with Crippen LogP contribution in [0.5, 0.6) is 0 Å². The zero-order valence-electron chi connectivity index (χ0n) is 13.7. The molecule has 0 unspecified atom stereocenters. The van der Waals surface area contributed by atoms with Crippen molar-refractivity contribution in [3.05, 3.63) is 69.3 Å². The molecule has 0 saturated carbocycles. The highest BCUT2D eigenvalue weighted by Crippen LogP contribution is 2.31. The van der Waals surface area contributed by atoms with Crippen LogP contribution in [0.3, 0.4) is 0 Å². The number of nitrogens with one attached hydrogen (secondary N) is 1. The van der Waals surface area contributed by atoms with Crippen LogP contribution in [0.1, 0.15) is 16.7 Å². The Hall–Kier alpha value is -2.45. The first-order valence-electron chi connectivity index (χ1n) is 7.56. The van der Waals surface area contributed by atoms with Crippen LogP contribution in [-0.2, 0) is 5.75 Å². The van der Waals surface area contributed by atoms with Crippen LogP contribution in [0.25, 0.3) is 0 Å². The molecule has 0 aliphatic carbocycles. The number of anilines is 2. The van der Waals surface area contributed by atoms with Gasteiger partial charge in [0, 0.05) is 23.6 Å². The first-order chi connectivity index (χ1) is 12.0. The Morgan fingerprint density at radius 3 is 2.80 bits per heavy atom. The van der Waals surface area contributed by atoms with Crippen molar-refractivity contribution in [2.45, 2.75) is 23.9 Å². The van der Waals surface area contributed by atoms with Gasteiger partial charge in [-0.25, -0.2) is 0 Å². The van der Waals surface area contributed by atoms with Crippen LogP contribution in [0, 0.1) is 24.0 Å². The SMILES string of the molecule is Cc1cccc(Nc2nnc(SCc3cccc([N+](=O)[O-])c3)s2)c1C. The van der Waals surface area contributed by atoms with Gasteiger partial charge in [0.05, 0.1) is 4.92 Å². The molecule has 25 heavy (non-hydrogen) atoms. The van der Waals surface area contributed by atoms with E-state index in [1.807, 2.05) is 18.2 Å². The molecule has 0 saturated heterocycles. The molecule has 0 radical (unpaired) electrons. The Labute approximate surface area is 153 Å². The van der Waals surface area contributed by atoms with Gasteiger partial charge < -0.3 is 5.32 Å². The fourth-order valence-electron chi connectivity index (χ4n) is 2.23. The van der Waals surface area contributed by atoms with E-state index in [0.29, 0.717) is 5.75 Å². The number of hydrogen-bond donors (Lipinski definition) is 1. The van der Waals surface area contributed by atoms with Crippen molar-refractivity contribution in [3.8, 4) is 0 Å². The fraction of sp³-hybridized carbons (Fsp3) is 0.176. The van der Waals surface area contributed by atoms with E-state index in [-0.39, 0.29) is 10.6 Å². The second-order valence-electron chi connectivity index (χ2n) is 5.46. The van der Waals surface area contributed by atoms with E-state index in [1.165, 1.54) is 40.3 Å². The van der Waals surface area contributed by atoms with Crippen LogP contribution in [0.4, 0.5) is 16.5 Å². The summed E-state index contributed by atoms with van der Waals surface area (Å²) in [5.41, 5.74) is 4.41. The van der Waals surface area contributed by atoms with Gasteiger partial charge in [-0.05, 0) is 36.6 Å². The summed E-state index contributed by atoms with van der Waals surface area (Å²) in [6.07, 6.45) is 0. The van der Waals surface area contributed by atoms with Gasteiger partial charge in [-0.15, -0.1) is 10.2 Å². The highest BCUT2D eigenvalue weighted by Gasteiger charge is 2.09. The minimum Gasteiger partial charge on any atom is -0.330 e. The van der Waals surface area contributed by atoms with Crippen LogP contribution in [0.15, 0.2) is 46.8 Å². The number of non-ortho nitro benzene ring substituents is 1. The molecule has 1 aromatic heterocycles. The molecule has 3 rings (SSSR count). The molecule has 0 amide bonds. The summed E-state index contributed by atoms with van der Waals surface area (Å²) in [5, 5.41) is 23.2. The minimum atomic E-state index is -0.384. The molecular formula is C17H16N4O2S2. The number of benzene rings is 2. The molecule has 0 bridgehead atoms. The summed E-state index contributed by atoms with van der Waals surface area (Å²) >= 11 is 2.98. The molecule has 0 spiro atoms. The maximum Gasteiger partial charge on any atom is 0.269 e. The predicted octanol–water partition coefficient (Wildman–Crippen LogP) is 5.10. The van der Waals surface area contributed by atoms with Crippen molar-refractivity contribution in [1.82, 2.24) is 10.2 Å². The van der Waals surface area contributed by atoms with Crippen molar-refractivity contribution in [3.63, 3.8) is 0 Å². The average Bonchev–Trinajstić information content (AvgIpc) is 3.05. The molecule has 128 valence electrons. The third-order valence-corrected chi connectivity index (χ3v) is 5.78. The summed E-state index contributed by atoms with van der Waals surface area (Å²) in [7, 11) is 0. The lowest BCUT2D eigenvalue weighted by atomic mass is 10.1. The third-order valence-electron chi connectivity index (χ3n) is 3.74. The van der Waals surface area contributed by atoms with Gasteiger partial charge in [0.25, 0.3) is 5.69 Å². The standard InChI is InChI=1S/C17H16N4O2S2/c1-11-5-3-8-15(12(11)2)18-16-19-20-17(25-16)24-10-13-6-4-7-14(9-13)21(22)23/h3-9H,10H2,1-2H3,(H,18,19). The molecule has 6 nitrogen and oxygen atoms in total. The molecule has 0 fully saturated rings. The average molecular weight is 372 g/mol. The molecule has 1 heterocycles. The van der Waals surface area contributed by atoms with Gasteiger partial charge in [0.2, 0.25) is 5.13 Å². The van der Waals surface area contributed by atoms with E-state index in [2.05, 4.69) is 35.4 Å². The second-order valence-corrected chi connectivity index (χ2v) is 7.66. The molecule has 0 aliphatic rings. The van der Waals surface area contributed by atoms with E-state index < -0.39 is 0 Å². The van der Waals surface area contributed by atoms with Crippen molar-refractivity contribution >= 4 is 39.6 Å². The van der Waals surface area contributed by atoms with Crippen LogP contribution < -0.4 is 5.32 Å². The quantitative estimate of drug-likeness (QED) is 0.368. The lowest BCUT2D eigenvalue weighted by Crippen LogP contribution is -1.94. The summed E-state index contributed by atoms with van der Waals surface area (Å²) in [4.78, 5) is 10.4. The summed E-state index contributed by atoms with van der Waals surface area (Å²) in [6, 6.07) is 12.7.